The Morgan fingerprint density at radius 3 is 2.04 bits per heavy atom. The number of nitrogens with two attached hydrogens (primary N) is 1. The van der Waals surface area contributed by atoms with E-state index in [0.717, 1.165) is 30.6 Å². The van der Waals surface area contributed by atoms with Gasteiger partial charge in [-0.15, -0.1) is 0 Å². The summed E-state index contributed by atoms with van der Waals surface area (Å²) < 4.78 is 0. The highest BCUT2D eigenvalue weighted by molar-refractivity contribution is 5.94. The summed E-state index contributed by atoms with van der Waals surface area (Å²) in [5.74, 6) is 0.0747. The first kappa shape index (κ1) is 17.1. The highest BCUT2D eigenvalue weighted by atomic mass is 16.2. The minimum Gasteiger partial charge on any atom is -0.399 e. The van der Waals surface area contributed by atoms with Crippen LogP contribution >= 0.6 is 0 Å². The van der Waals surface area contributed by atoms with Crippen LogP contribution in [0.4, 0.5) is 11.4 Å². The lowest BCUT2D eigenvalue weighted by molar-refractivity contribution is -0.124. The molecule has 23 heavy (non-hydrogen) atoms. The van der Waals surface area contributed by atoms with Gasteiger partial charge in [-0.05, 0) is 48.2 Å². The lowest BCUT2D eigenvalue weighted by Gasteiger charge is -2.22. The fourth-order valence-corrected chi connectivity index (χ4v) is 2.62. The highest BCUT2D eigenvalue weighted by Crippen LogP contribution is 2.24. The van der Waals surface area contributed by atoms with Gasteiger partial charge in [-0.25, -0.2) is 0 Å². The van der Waals surface area contributed by atoms with Crippen molar-refractivity contribution in [1.29, 1.82) is 0 Å². The van der Waals surface area contributed by atoms with Crippen LogP contribution in [0.15, 0.2) is 48.5 Å². The van der Waals surface area contributed by atoms with Crippen LogP contribution in [0.5, 0.6) is 0 Å². The Labute approximate surface area is 138 Å². The lowest BCUT2D eigenvalue weighted by atomic mass is 9.87. The zero-order valence-electron chi connectivity index (χ0n) is 14.2. The quantitative estimate of drug-likeness (QED) is 0.765. The van der Waals surface area contributed by atoms with Crippen LogP contribution in [0.3, 0.4) is 0 Å². The van der Waals surface area contributed by atoms with Crippen molar-refractivity contribution in [3.63, 3.8) is 0 Å². The number of nitrogens with one attached hydrogen (secondary N) is 1. The lowest BCUT2D eigenvalue weighted by Crippen LogP contribution is -2.30. The Morgan fingerprint density at radius 2 is 1.52 bits per heavy atom. The summed E-state index contributed by atoms with van der Waals surface area (Å²) in [5.41, 5.74) is 9.42. The van der Waals surface area contributed by atoms with Crippen LogP contribution in [0, 0.1) is 5.41 Å². The van der Waals surface area contributed by atoms with Gasteiger partial charge in [-0.2, -0.15) is 0 Å². The number of carbonyl (C=O) groups is 1. The molecule has 0 saturated carbocycles. The van der Waals surface area contributed by atoms with Gasteiger partial charge in [0.2, 0.25) is 5.91 Å². The number of amides is 1. The zero-order chi connectivity index (χ0) is 16.9. The molecule has 3 nitrogen and oxygen atoms in total. The molecule has 0 saturated heterocycles. The van der Waals surface area contributed by atoms with E-state index >= 15 is 0 Å². The summed E-state index contributed by atoms with van der Waals surface area (Å²) in [4.78, 5) is 12.3. The Balaban J connectivity index is 1.99. The Morgan fingerprint density at radius 1 is 1.00 bits per heavy atom. The van der Waals surface area contributed by atoms with Crippen molar-refractivity contribution in [2.24, 2.45) is 5.41 Å². The van der Waals surface area contributed by atoms with Gasteiger partial charge in [0.15, 0.2) is 0 Å². The van der Waals surface area contributed by atoms with Crippen LogP contribution in [-0.4, -0.2) is 5.91 Å². The SMILES string of the molecule is CCCC(C)(C)C(=O)Nc1ccc(Cc2ccc(N)cc2)cc1. The summed E-state index contributed by atoms with van der Waals surface area (Å²) in [6.45, 7) is 6.07. The molecule has 0 fully saturated rings. The van der Waals surface area contributed by atoms with E-state index in [1.54, 1.807) is 0 Å². The van der Waals surface area contributed by atoms with E-state index in [4.69, 9.17) is 5.73 Å². The maximum atomic E-state index is 12.3. The molecule has 0 spiro atoms. The fraction of sp³-hybridized carbons (Fsp3) is 0.350. The molecule has 0 aromatic heterocycles. The van der Waals surface area contributed by atoms with Crippen molar-refractivity contribution in [2.75, 3.05) is 11.1 Å². The molecule has 2 rings (SSSR count). The van der Waals surface area contributed by atoms with Gasteiger partial charge in [0.05, 0.1) is 0 Å². The van der Waals surface area contributed by atoms with Gasteiger partial charge in [0, 0.05) is 16.8 Å². The maximum Gasteiger partial charge on any atom is 0.230 e. The van der Waals surface area contributed by atoms with Gasteiger partial charge >= 0.3 is 0 Å². The van der Waals surface area contributed by atoms with Crippen LogP contribution in [0.2, 0.25) is 0 Å². The molecule has 0 aliphatic heterocycles. The van der Waals surface area contributed by atoms with E-state index in [-0.39, 0.29) is 11.3 Å². The summed E-state index contributed by atoms with van der Waals surface area (Å²) in [7, 11) is 0. The van der Waals surface area contributed by atoms with Gasteiger partial charge in [0.25, 0.3) is 0 Å². The molecule has 0 heterocycles. The van der Waals surface area contributed by atoms with E-state index in [1.165, 1.54) is 11.1 Å². The second-order valence-electron chi connectivity index (χ2n) is 6.70. The van der Waals surface area contributed by atoms with Gasteiger partial charge < -0.3 is 11.1 Å². The summed E-state index contributed by atoms with van der Waals surface area (Å²) >= 11 is 0. The van der Waals surface area contributed by atoms with Crippen molar-refractivity contribution >= 4 is 17.3 Å². The standard InChI is InChI=1S/C20H26N2O/c1-4-13-20(2,3)19(23)22-18-11-7-16(8-12-18)14-15-5-9-17(21)10-6-15/h5-12H,4,13-14,21H2,1-3H3,(H,22,23). The monoisotopic (exact) mass is 310 g/mol. The average molecular weight is 310 g/mol. The van der Waals surface area contributed by atoms with Crippen LogP contribution < -0.4 is 11.1 Å². The fourth-order valence-electron chi connectivity index (χ4n) is 2.62. The normalized spacial score (nSPS) is 11.3. The largest absolute Gasteiger partial charge is 0.399 e. The molecule has 0 atom stereocenters. The van der Waals surface area contributed by atoms with E-state index in [1.807, 2.05) is 50.2 Å². The van der Waals surface area contributed by atoms with Gasteiger partial charge in [-0.3, -0.25) is 4.79 Å². The molecule has 0 radical (unpaired) electrons. The molecule has 2 aromatic carbocycles. The van der Waals surface area contributed by atoms with E-state index in [0.29, 0.717) is 0 Å². The maximum absolute atomic E-state index is 12.3. The Kier molecular flexibility index (Phi) is 5.43. The molecule has 1 amide bonds. The number of anilines is 2. The Bertz CT molecular complexity index is 642. The van der Waals surface area contributed by atoms with Gasteiger partial charge in [-0.1, -0.05) is 51.5 Å². The molecular formula is C20H26N2O. The second-order valence-corrected chi connectivity index (χ2v) is 6.70. The number of carbonyl (C=O) groups excluding carboxylic acids is 1. The third kappa shape index (κ3) is 4.85. The van der Waals surface area contributed by atoms with E-state index < -0.39 is 0 Å². The Hall–Kier alpha value is -2.29. The molecule has 122 valence electrons. The summed E-state index contributed by atoms with van der Waals surface area (Å²) in [6.07, 6.45) is 2.74. The summed E-state index contributed by atoms with van der Waals surface area (Å²) in [6, 6.07) is 16.0. The first-order valence-corrected chi connectivity index (χ1v) is 8.15. The molecule has 2 aromatic rings. The molecule has 0 aliphatic carbocycles. The first-order chi connectivity index (χ1) is 10.9. The average Bonchev–Trinajstić information content (AvgIpc) is 2.51. The highest BCUT2D eigenvalue weighted by Gasteiger charge is 2.26. The van der Waals surface area contributed by atoms with E-state index in [2.05, 4.69) is 24.4 Å². The zero-order valence-corrected chi connectivity index (χ0v) is 14.2. The molecule has 0 bridgehead atoms. The van der Waals surface area contributed by atoms with Crippen LogP contribution in [-0.2, 0) is 11.2 Å². The predicted octanol–water partition coefficient (Wildman–Crippen LogP) is 4.62. The topological polar surface area (TPSA) is 55.1 Å². The van der Waals surface area contributed by atoms with E-state index in [9.17, 15) is 4.79 Å². The minimum absolute atomic E-state index is 0.0747. The summed E-state index contributed by atoms with van der Waals surface area (Å²) in [5, 5.41) is 3.01. The first-order valence-electron chi connectivity index (χ1n) is 8.15. The molecular weight excluding hydrogens is 284 g/mol. The second kappa shape index (κ2) is 7.32. The van der Waals surface area contributed by atoms with Crippen molar-refractivity contribution in [3.8, 4) is 0 Å². The third-order valence-electron chi connectivity index (χ3n) is 4.09. The molecule has 3 N–H and O–H groups in total. The van der Waals surface area contributed by atoms with Gasteiger partial charge in [0.1, 0.15) is 0 Å². The third-order valence-corrected chi connectivity index (χ3v) is 4.09. The number of benzene rings is 2. The van der Waals surface area contributed by atoms with Crippen molar-refractivity contribution in [2.45, 2.75) is 40.0 Å². The predicted molar refractivity (Wildman–Crippen MR) is 97.4 cm³/mol. The molecule has 3 heteroatoms. The number of nitrogen functional groups attached to an aromatic ring is 1. The molecule has 0 aliphatic rings. The van der Waals surface area contributed by atoms with Crippen molar-refractivity contribution in [3.05, 3.63) is 59.7 Å². The molecule has 0 unspecified atom stereocenters. The number of hydrogen-bond donors (Lipinski definition) is 2. The van der Waals surface area contributed by atoms with Crippen molar-refractivity contribution < 1.29 is 4.79 Å². The smallest absolute Gasteiger partial charge is 0.230 e. The van der Waals surface area contributed by atoms with Crippen molar-refractivity contribution in [1.82, 2.24) is 0 Å². The van der Waals surface area contributed by atoms with Crippen LogP contribution in [0.1, 0.15) is 44.7 Å². The van der Waals surface area contributed by atoms with Crippen LogP contribution in [0.25, 0.3) is 0 Å². The number of hydrogen-bond acceptors (Lipinski definition) is 2. The minimum atomic E-state index is -0.336. The number of rotatable bonds is 6.